The molecule has 0 unspecified atom stereocenters. The highest BCUT2D eigenvalue weighted by atomic mass is 32.1. The van der Waals surface area contributed by atoms with Gasteiger partial charge in [-0.3, -0.25) is 9.97 Å². The van der Waals surface area contributed by atoms with E-state index in [1.54, 1.807) is 12.4 Å². The zero-order chi connectivity index (χ0) is 14.2. The summed E-state index contributed by atoms with van der Waals surface area (Å²) in [5.41, 5.74) is 2.66. The molecule has 0 aliphatic rings. The topological polar surface area (TPSA) is 63.6 Å². The standard InChI is InChI=1S/C14H15N5S/c1-14(2,3)18-13-17-12(19-20-13)9-4-5-10-11(8-9)16-7-6-15-10/h4-8H,1-3H3,(H,17,18,19). The van der Waals surface area contributed by atoms with Crippen LogP contribution in [0.1, 0.15) is 20.8 Å². The summed E-state index contributed by atoms with van der Waals surface area (Å²) in [6, 6.07) is 5.88. The van der Waals surface area contributed by atoms with E-state index >= 15 is 0 Å². The first-order valence-corrected chi connectivity index (χ1v) is 7.12. The summed E-state index contributed by atoms with van der Waals surface area (Å²) in [7, 11) is 0. The molecule has 0 aliphatic carbocycles. The summed E-state index contributed by atoms with van der Waals surface area (Å²) in [4.78, 5) is 13.1. The third-order valence-electron chi connectivity index (χ3n) is 2.64. The molecular formula is C14H15N5S. The average Bonchev–Trinajstić information content (AvgIpc) is 2.84. The zero-order valence-electron chi connectivity index (χ0n) is 11.6. The summed E-state index contributed by atoms with van der Waals surface area (Å²) < 4.78 is 4.40. The van der Waals surface area contributed by atoms with Gasteiger partial charge in [0.25, 0.3) is 0 Å². The van der Waals surface area contributed by atoms with E-state index in [0.717, 1.165) is 21.7 Å². The number of nitrogens with one attached hydrogen (secondary N) is 1. The molecule has 5 nitrogen and oxygen atoms in total. The summed E-state index contributed by atoms with van der Waals surface area (Å²) in [6.07, 6.45) is 3.38. The Morgan fingerprint density at radius 3 is 2.55 bits per heavy atom. The maximum absolute atomic E-state index is 4.52. The molecule has 0 radical (unpaired) electrons. The maximum atomic E-state index is 4.52. The van der Waals surface area contributed by atoms with Gasteiger partial charge in [-0.2, -0.15) is 9.36 Å². The summed E-state index contributed by atoms with van der Waals surface area (Å²) >= 11 is 1.37. The largest absolute Gasteiger partial charge is 0.356 e. The summed E-state index contributed by atoms with van der Waals surface area (Å²) in [5, 5.41) is 4.15. The normalized spacial score (nSPS) is 11.8. The number of hydrogen-bond acceptors (Lipinski definition) is 6. The van der Waals surface area contributed by atoms with Crippen LogP contribution in [0.15, 0.2) is 30.6 Å². The Kier molecular flexibility index (Phi) is 3.10. The van der Waals surface area contributed by atoms with Gasteiger partial charge in [0.15, 0.2) is 5.82 Å². The molecule has 0 saturated heterocycles. The van der Waals surface area contributed by atoms with Crippen LogP contribution < -0.4 is 5.32 Å². The van der Waals surface area contributed by atoms with Crippen molar-refractivity contribution in [2.75, 3.05) is 5.32 Å². The molecule has 0 atom stereocenters. The van der Waals surface area contributed by atoms with Gasteiger partial charge in [0.05, 0.1) is 11.0 Å². The van der Waals surface area contributed by atoms with Crippen LogP contribution in [0.2, 0.25) is 0 Å². The highest BCUT2D eigenvalue weighted by molar-refractivity contribution is 7.09. The molecule has 0 fully saturated rings. The molecule has 20 heavy (non-hydrogen) atoms. The van der Waals surface area contributed by atoms with E-state index in [2.05, 4.69) is 45.4 Å². The third-order valence-corrected chi connectivity index (χ3v) is 3.27. The lowest BCUT2D eigenvalue weighted by Crippen LogP contribution is -2.25. The molecule has 6 heteroatoms. The van der Waals surface area contributed by atoms with E-state index in [-0.39, 0.29) is 5.54 Å². The molecule has 0 aliphatic heterocycles. The van der Waals surface area contributed by atoms with Crippen molar-refractivity contribution in [2.24, 2.45) is 0 Å². The van der Waals surface area contributed by atoms with E-state index in [0.29, 0.717) is 5.82 Å². The highest BCUT2D eigenvalue weighted by Gasteiger charge is 2.14. The predicted octanol–water partition coefficient (Wildman–Crippen LogP) is 3.36. The number of aromatic nitrogens is 4. The maximum Gasteiger partial charge on any atom is 0.203 e. The monoisotopic (exact) mass is 285 g/mol. The van der Waals surface area contributed by atoms with Crippen LogP contribution in [0.25, 0.3) is 22.4 Å². The fourth-order valence-corrected chi connectivity index (χ4v) is 2.61. The molecule has 0 saturated carbocycles. The van der Waals surface area contributed by atoms with Crippen molar-refractivity contribution < 1.29 is 0 Å². The Labute approximate surface area is 121 Å². The first-order valence-electron chi connectivity index (χ1n) is 6.34. The minimum absolute atomic E-state index is 0.0222. The number of nitrogens with zero attached hydrogens (tertiary/aromatic N) is 4. The number of rotatable bonds is 2. The van der Waals surface area contributed by atoms with E-state index in [1.807, 2.05) is 18.2 Å². The molecule has 1 N–H and O–H groups in total. The minimum Gasteiger partial charge on any atom is -0.356 e. The van der Waals surface area contributed by atoms with Gasteiger partial charge in [-0.1, -0.05) is 0 Å². The van der Waals surface area contributed by atoms with E-state index < -0.39 is 0 Å². The Balaban J connectivity index is 1.95. The fourth-order valence-electron chi connectivity index (χ4n) is 1.81. The van der Waals surface area contributed by atoms with Crippen LogP contribution in [0.4, 0.5) is 5.13 Å². The van der Waals surface area contributed by atoms with E-state index in [1.165, 1.54) is 11.5 Å². The third kappa shape index (κ3) is 2.75. The quantitative estimate of drug-likeness (QED) is 0.782. The lowest BCUT2D eigenvalue weighted by Gasteiger charge is -2.18. The second-order valence-electron chi connectivity index (χ2n) is 5.56. The number of fused-ring (bicyclic) bond motifs is 1. The Bertz CT molecular complexity index is 744. The highest BCUT2D eigenvalue weighted by Crippen LogP contribution is 2.25. The van der Waals surface area contributed by atoms with Crippen molar-refractivity contribution in [1.29, 1.82) is 0 Å². The molecule has 3 rings (SSSR count). The van der Waals surface area contributed by atoms with E-state index in [9.17, 15) is 0 Å². The molecule has 3 aromatic rings. The van der Waals surface area contributed by atoms with Gasteiger partial charge in [0.2, 0.25) is 5.13 Å². The van der Waals surface area contributed by atoms with Crippen molar-refractivity contribution in [3.63, 3.8) is 0 Å². The molecule has 0 bridgehead atoms. The Morgan fingerprint density at radius 1 is 1.05 bits per heavy atom. The van der Waals surface area contributed by atoms with Gasteiger partial charge in [0.1, 0.15) is 0 Å². The second-order valence-corrected chi connectivity index (χ2v) is 6.31. The van der Waals surface area contributed by atoms with Crippen molar-refractivity contribution in [1.82, 2.24) is 19.3 Å². The number of anilines is 1. The lowest BCUT2D eigenvalue weighted by molar-refractivity contribution is 0.633. The number of benzene rings is 1. The Morgan fingerprint density at radius 2 is 1.80 bits per heavy atom. The minimum atomic E-state index is -0.0222. The number of hydrogen-bond donors (Lipinski definition) is 1. The molecular weight excluding hydrogens is 270 g/mol. The van der Waals surface area contributed by atoms with Crippen LogP contribution in [-0.4, -0.2) is 24.9 Å². The first-order chi connectivity index (χ1) is 9.51. The molecule has 102 valence electrons. The molecule has 0 spiro atoms. The fraction of sp³-hybridized carbons (Fsp3) is 0.286. The second kappa shape index (κ2) is 4.79. The van der Waals surface area contributed by atoms with Crippen LogP contribution in [-0.2, 0) is 0 Å². The smallest absolute Gasteiger partial charge is 0.203 e. The van der Waals surface area contributed by atoms with Gasteiger partial charge in [-0.15, -0.1) is 0 Å². The van der Waals surface area contributed by atoms with Crippen molar-refractivity contribution in [2.45, 2.75) is 26.3 Å². The Hall–Kier alpha value is -2.08. The molecule has 2 heterocycles. The van der Waals surface area contributed by atoms with Crippen molar-refractivity contribution >= 4 is 27.7 Å². The molecule has 2 aromatic heterocycles. The van der Waals surface area contributed by atoms with Crippen molar-refractivity contribution in [3.8, 4) is 11.4 Å². The molecule has 0 amide bonds. The van der Waals surface area contributed by atoms with Gasteiger partial charge in [-0.25, -0.2) is 0 Å². The van der Waals surface area contributed by atoms with Gasteiger partial charge < -0.3 is 5.32 Å². The predicted molar refractivity (Wildman–Crippen MR) is 81.8 cm³/mol. The van der Waals surface area contributed by atoms with Crippen LogP contribution in [0.3, 0.4) is 0 Å². The van der Waals surface area contributed by atoms with Crippen LogP contribution >= 0.6 is 11.5 Å². The van der Waals surface area contributed by atoms with Gasteiger partial charge in [0, 0.05) is 35.0 Å². The van der Waals surface area contributed by atoms with Crippen molar-refractivity contribution in [3.05, 3.63) is 30.6 Å². The van der Waals surface area contributed by atoms with Crippen LogP contribution in [0, 0.1) is 0 Å². The summed E-state index contributed by atoms with van der Waals surface area (Å²) in [5.74, 6) is 0.717. The zero-order valence-corrected chi connectivity index (χ0v) is 12.4. The first kappa shape index (κ1) is 12.9. The lowest BCUT2D eigenvalue weighted by atomic mass is 10.1. The summed E-state index contributed by atoms with van der Waals surface area (Å²) in [6.45, 7) is 6.29. The van der Waals surface area contributed by atoms with Gasteiger partial charge >= 0.3 is 0 Å². The molecule has 1 aromatic carbocycles. The van der Waals surface area contributed by atoms with Crippen LogP contribution in [0.5, 0.6) is 0 Å². The van der Waals surface area contributed by atoms with E-state index in [4.69, 9.17) is 0 Å². The average molecular weight is 285 g/mol. The van der Waals surface area contributed by atoms with Gasteiger partial charge in [-0.05, 0) is 39.0 Å². The SMILES string of the molecule is CC(C)(C)Nc1nc(-c2ccc3nccnc3c2)ns1.